The number of hydrogen-bond acceptors (Lipinski definition) is 3. The molecule has 3 N–H and O–H groups in total. The first-order valence-electron chi connectivity index (χ1n) is 7.58. The number of nitrogens with two attached hydrogens (primary N) is 1. The van der Waals surface area contributed by atoms with Gasteiger partial charge in [0.2, 0.25) is 0 Å². The second-order valence-electron chi connectivity index (χ2n) is 6.22. The van der Waals surface area contributed by atoms with Crippen molar-refractivity contribution < 1.29 is 4.79 Å². The van der Waals surface area contributed by atoms with Gasteiger partial charge in [0.25, 0.3) is 5.91 Å². The lowest BCUT2D eigenvalue weighted by atomic mass is 9.77. The number of piperidine rings is 1. The average molecular weight is 273 g/mol. The number of nitrogens with zero attached hydrogens (tertiary/aromatic N) is 1. The van der Waals surface area contributed by atoms with Crippen LogP contribution < -0.4 is 11.3 Å². The topological polar surface area (TPSA) is 58.4 Å². The first-order valence-corrected chi connectivity index (χ1v) is 7.58. The second kappa shape index (κ2) is 5.44. The van der Waals surface area contributed by atoms with Crippen LogP contribution in [0.1, 0.15) is 48.9 Å². The average Bonchev–Trinajstić information content (AvgIpc) is 2.96. The molecule has 1 saturated heterocycles. The highest BCUT2D eigenvalue weighted by Gasteiger charge is 2.37. The molecule has 1 aliphatic heterocycles. The van der Waals surface area contributed by atoms with Crippen molar-refractivity contribution in [2.45, 2.75) is 38.5 Å². The number of hydrazine groups is 1. The number of benzene rings is 1. The number of likely N-dealkylation sites (tertiary alicyclic amines) is 1. The molecule has 0 aromatic heterocycles. The van der Waals surface area contributed by atoms with Crippen LogP contribution in [0.5, 0.6) is 0 Å². The molecule has 0 unspecified atom stereocenters. The molecule has 1 aromatic carbocycles. The Labute approximate surface area is 120 Å². The summed E-state index contributed by atoms with van der Waals surface area (Å²) in [7, 11) is 0. The fraction of sp³-hybridized carbons (Fsp3) is 0.562. The molecule has 0 bridgehead atoms. The molecule has 4 heteroatoms. The largest absolute Gasteiger partial charge is 0.339 e. The van der Waals surface area contributed by atoms with Crippen LogP contribution in [0.3, 0.4) is 0 Å². The predicted octanol–water partition coefficient (Wildman–Crippen LogP) is 2.77. The van der Waals surface area contributed by atoms with Crippen molar-refractivity contribution in [2.24, 2.45) is 11.3 Å². The lowest BCUT2D eigenvalue weighted by Gasteiger charge is -2.39. The molecule has 1 aromatic rings. The van der Waals surface area contributed by atoms with Crippen LogP contribution in [0.4, 0.5) is 5.69 Å². The first kappa shape index (κ1) is 13.4. The van der Waals surface area contributed by atoms with Gasteiger partial charge in [0.15, 0.2) is 0 Å². The van der Waals surface area contributed by atoms with E-state index in [1.807, 2.05) is 29.2 Å². The number of carbonyl (C=O) groups excluding carboxylic acids is 1. The Bertz CT molecular complexity index is 467. The van der Waals surface area contributed by atoms with Crippen LogP contribution in [0, 0.1) is 5.41 Å². The lowest BCUT2D eigenvalue weighted by molar-refractivity contribution is 0.0587. The monoisotopic (exact) mass is 273 g/mol. The Morgan fingerprint density at radius 1 is 1.05 bits per heavy atom. The number of nitrogens with one attached hydrogen (secondary N) is 1. The summed E-state index contributed by atoms with van der Waals surface area (Å²) in [6.45, 7) is 1.82. The van der Waals surface area contributed by atoms with Gasteiger partial charge in [-0.1, -0.05) is 12.8 Å². The Morgan fingerprint density at radius 3 is 2.20 bits per heavy atom. The molecule has 2 aliphatic rings. The number of amides is 1. The molecule has 1 aliphatic carbocycles. The molecule has 2 fully saturated rings. The van der Waals surface area contributed by atoms with Gasteiger partial charge in [-0.25, -0.2) is 0 Å². The molecule has 1 amide bonds. The SMILES string of the molecule is NNc1ccc(C(=O)N2CCC3(CCCC3)CC2)cc1. The number of nitrogen functional groups attached to an aromatic ring is 1. The smallest absolute Gasteiger partial charge is 0.253 e. The molecular weight excluding hydrogens is 250 g/mol. The molecular formula is C16H23N3O. The van der Waals surface area contributed by atoms with Crippen molar-refractivity contribution in [3.63, 3.8) is 0 Å². The van der Waals surface area contributed by atoms with Crippen molar-refractivity contribution in [1.29, 1.82) is 0 Å². The minimum atomic E-state index is 0.154. The van der Waals surface area contributed by atoms with E-state index in [0.29, 0.717) is 5.41 Å². The summed E-state index contributed by atoms with van der Waals surface area (Å²) in [5.74, 6) is 5.49. The predicted molar refractivity (Wildman–Crippen MR) is 80.3 cm³/mol. The molecule has 108 valence electrons. The number of rotatable bonds is 2. The summed E-state index contributed by atoms with van der Waals surface area (Å²) in [4.78, 5) is 14.5. The van der Waals surface area contributed by atoms with Gasteiger partial charge < -0.3 is 10.3 Å². The van der Waals surface area contributed by atoms with Crippen molar-refractivity contribution in [3.8, 4) is 0 Å². The van der Waals surface area contributed by atoms with E-state index in [2.05, 4.69) is 5.43 Å². The van der Waals surface area contributed by atoms with Gasteiger partial charge >= 0.3 is 0 Å². The van der Waals surface area contributed by atoms with E-state index < -0.39 is 0 Å². The van der Waals surface area contributed by atoms with E-state index in [9.17, 15) is 4.79 Å². The molecule has 0 atom stereocenters. The zero-order chi connectivity index (χ0) is 14.0. The Morgan fingerprint density at radius 2 is 1.65 bits per heavy atom. The van der Waals surface area contributed by atoms with Crippen molar-refractivity contribution >= 4 is 11.6 Å². The maximum absolute atomic E-state index is 12.5. The molecule has 1 saturated carbocycles. The highest BCUT2D eigenvalue weighted by atomic mass is 16.2. The quantitative estimate of drug-likeness (QED) is 0.643. The second-order valence-corrected chi connectivity index (χ2v) is 6.22. The van der Waals surface area contributed by atoms with Gasteiger partial charge in [0.05, 0.1) is 0 Å². The zero-order valence-electron chi connectivity index (χ0n) is 11.9. The standard InChI is InChI=1S/C16H23N3O/c17-18-14-5-3-13(4-6-14)15(20)19-11-9-16(10-12-19)7-1-2-8-16/h3-6,18H,1-2,7-12,17H2. The van der Waals surface area contributed by atoms with Crippen LogP contribution in [0.25, 0.3) is 0 Å². The van der Waals surface area contributed by atoms with Crippen molar-refractivity contribution in [2.75, 3.05) is 18.5 Å². The molecule has 1 spiro atoms. The third-order valence-electron chi connectivity index (χ3n) is 5.07. The van der Waals surface area contributed by atoms with E-state index in [1.165, 1.54) is 38.5 Å². The highest BCUT2D eigenvalue weighted by molar-refractivity contribution is 5.94. The fourth-order valence-corrected chi connectivity index (χ4v) is 3.70. The molecule has 0 radical (unpaired) electrons. The highest BCUT2D eigenvalue weighted by Crippen LogP contribution is 2.46. The maximum atomic E-state index is 12.5. The minimum absolute atomic E-state index is 0.154. The van der Waals surface area contributed by atoms with Crippen LogP contribution in [-0.2, 0) is 0 Å². The van der Waals surface area contributed by atoms with Gasteiger partial charge in [0.1, 0.15) is 0 Å². The van der Waals surface area contributed by atoms with E-state index in [-0.39, 0.29) is 5.91 Å². The number of carbonyl (C=O) groups is 1. The summed E-state index contributed by atoms with van der Waals surface area (Å²) in [5.41, 5.74) is 4.72. The summed E-state index contributed by atoms with van der Waals surface area (Å²) in [5, 5.41) is 0. The van der Waals surface area contributed by atoms with Crippen LogP contribution >= 0.6 is 0 Å². The van der Waals surface area contributed by atoms with Crippen LogP contribution in [-0.4, -0.2) is 23.9 Å². The Hall–Kier alpha value is -1.55. The summed E-state index contributed by atoms with van der Waals surface area (Å²) in [6, 6.07) is 7.38. The Kier molecular flexibility index (Phi) is 3.66. The molecule has 4 nitrogen and oxygen atoms in total. The van der Waals surface area contributed by atoms with Crippen molar-refractivity contribution in [3.05, 3.63) is 29.8 Å². The fourth-order valence-electron chi connectivity index (χ4n) is 3.70. The maximum Gasteiger partial charge on any atom is 0.253 e. The zero-order valence-corrected chi connectivity index (χ0v) is 11.9. The van der Waals surface area contributed by atoms with Crippen molar-refractivity contribution in [1.82, 2.24) is 4.90 Å². The van der Waals surface area contributed by atoms with Gasteiger partial charge in [-0.3, -0.25) is 10.6 Å². The van der Waals surface area contributed by atoms with Gasteiger partial charge in [-0.2, -0.15) is 0 Å². The number of anilines is 1. The third-order valence-corrected chi connectivity index (χ3v) is 5.07. The Balaban J connectivity index is 1.63. The normalized spacial score (nSPS) is 21.1. The van der Waals surface area contributed by atoms with Gasteiger partial charge in [0, 0.05) is 24.3 Å². The number of hydrogen-bond donors (Lipinski definition) is 2. The van der Waals surface area contributed by atoms with E-state index in [1.54, 1.807) is 0 Å². The summed E-state index contributed by atoms with van der Waals surface area (Å²) < 4.78 is 0. The molecule has 3 rings (SSSR count). The molecule has 1 heterocycles. The molecule has 20 heavy (non-hydrogen) atoms. The lowest BCUT2D eigenvalue weighted by Crippen LogP contribution is -2.42. The van der Waals surface area contributed by atoms with Gasteiger partial charge in [-0.05, 0) is 55.4 Å². The van der Waals surface area contributed by atoms with Gasteiger partial charge in [-0.15, -0.1) is 0 Å². The van der Waals surface area contributed by atoms with E-state index >= 15 is 0 Å². The third kappa shape index (κ3) is 2.52. The first-order chi connectivity index (χ1) is 9.72. The van der Waals surface area contributed by atoms with E-state index in [4.69, 9.17) is 5.84 Å². The summed E-state index contributed by atoms with van der Waals surface area (Å²) in [6.07, 6.45) is 7.85. The minimum Gasteiger partial charge on any atom is -0.339 e. The van der Waals surface area contributed by atoms with Crippen LogP contribution in [0.2, 0.25) is 0 Å². The van der Waals surface area contributed by atoms with E-state index in [0.717, 1.165) is 24.3 Å². The summed E-state index contributed by atoms with van der Waals surface area (Å²) >= 11 is 0. The van der Waals surface area contributed by atoms with Crippen LogP contribution in [0.15, 0.2) is 24.3 Å².